The highest BCUT2D eigenvalue weighted by Gasteiger charge is 2.22. The number of hydrogen-bond donors (Lipinski definition) is 1. The first kappa shape index (κ1) is 25.8. The van der Waals surface area contributed by atoms with Crippen molar-refractivity contribution in [2.75, 3.05) is 0 Å². The topological polar surface area (TPSA) is 63.8 Å². The van der Waals surface area contributed by atoms with E-state index in [-0.39, 0.29) is 5.41 Å². The Morgan fingerprint density at radius 3 is 2.08 bits per heavy atom. The Bertz CT molecular complexity index is 1810. The van der Waals surface area contributed by atoms with Gasteiger partial charge >= 0.3 is 0 Å². The maximum Gasteiger partial charge on any atom is 0.146 e. The van der Waals surface area contributed by atoms with Crippen molar-refractivity contribution in [3.05, 3.63) is 102 Å². The van der Waals surface area contributed by atoms with Gasteiger partial charge in [-0.05, 0) is 83.5 Å². The van der Waals surface area contributed by atoms with E-state index in [1.807, 2.05) is 42.7 Å². The van der Waals surface area contributed by atoms with Gasteiger partial charge in [-0.3, -0.25) is 4.57 Å². The molecule has 0 radical (unpaired) electrons. The third kappa shape index (κ3) is 4.62. The third-order valence-corrected chi connectivity index (χ3v) is 7.34. The Balaban J connectivity index is 1.53. The number of hydrogen-bond acceptors (Lipinski definition) is 4. The fourth-order valence-electron chi connectivity index (χ4n) is 5.54. The molecule has 0 bridgehead atoms. The molecule has 0 spiro atoms. The molecule has 0 unspecified atom stereocenters. The molecule has 0 fully saturated rings. The van der Waals surface area contributed by atoms with Crippen molar-refractivity contribution in [2.24, 2.45) is 5.92 Å². The highest BCUT2D eigenvalue weighted by Crippen LogP contribution is 2.39. The number of rotatable bonds is 5. The van der Waals surface area contributed by atoms with E-state index in [0.29, 0.717) is 11.7 Å². The maximum atomic E-state index is 11.3. The summed E-state index contributed by atoms with van der Waals surface area (Å²) in [6.07, 6.45) is 4.56. The second kappa shape index (κ2) is 9.91. The van der Waals surface area contributed by atoms with Crippen LogP contribution in [0.3, 0.4) is 0 Å². The number of phenols is 1. The molecule has 5 heteroatoms. The highest BCUT2D eigenvalue weighted by molar-refractivity contribution is 6.06. The van der Waals surface area contributed by atoms with Crippen molar-refractivity contribution in [3.63, 3.8) is 0 Å². The molecule has 4 heterocycles. The van der Waals surface area contributed by atoms with Crippen molar-refractivity contribution in [2.45, 2.75) is 46.5 Å². The normalized spacial score (nSPS) is 12.1. The van der Waals surface area contributed by atoms with E-state index in [0.717, 1.165) is 62.3 Å². The van der Waals surface area contributed by atoms with Crippen LogP contribution in [-0.4, -0.2) is 24.6 Å². The lowest BCUT2D eigenvalue weighted by Gasteiger charge is -2.22. The molecule has 2 aromatic carbocycles. The number of benzene rings is 2. The van der Waals surface area contributed by atoms with Crippen LogP contribution in [0, 0.1) is 5.92 Å². The van der Waals surface area contributed by atoms with Gasteiger partial charge in [0.05, 0.1) is 11.4 Å². The molecule has 0 aliphatic heterocycles. The minimum atomic E-state index is -0.183. The number of fused-ring (bicyclic) bond motifs is 3. The summed E-state index contributed by atoms with van der Waals surface area (Å²) in [5.41, 5.74) is 8.06. The summed E-state index contributed by atoms with van der Waals surface area (Å²) in [5.74, 6) is 0.782. The van der Waals surface area contributed by atoms with Gasteiger partial charge in [0.2, 0.25) is 0 Å². The number of aromatic nitrogens is 4. The van der Waals surface area contributed by atoms with Crippen molar-refractivity contribution in [3.8, 4) is 34.0 Å². The first-order valence-electron chi connectivity index (χ1n) is 13.9. The maximum absolute atomic E-state index is 11.3. The van der Waals surface area contributed by atoms with Gasteiger partial charge in [-0.15, -0.1) is 0 Å². The summed E-state index contributed by atoms with van der Waals surface area (Å²) in [6.45, 7) is 10.8. The van der Waals surface area contributed by atoms with E-state index >= 15 is 0 Å². The number of pyridine rings is 3. The Labute approximate surface area is 235 Å². The van der Waals surface area contributed by atoms with Gasteiger partial charge in [0, 0.05) is 40.0 Å². The first-order valence-corrected chi connectivity index (χ1v) is 13.9. The van der Waals surface area contributed by atoms with Crippen LogP contribution in [0.5, 0.6) is 5.75 Å². The summed E-state index contributed by atoms with van der Waals surface area (Å²) in [6, 6.07) is 26.8. The smallest absolute Gasteiger partial charge is 0.146 e. The Kier molecular flexibility index (Phi) is 6.38. The fourth-order valence-corrected chi connectivity index (χ4v) is 5.54. The van der Waals surface area contributed by atoms with Crippen molar-refractivity contribution < 1.29 is 5.11 Å². The predicted molar refractivity (Wildman–Crippen MR) is 164 cm³/mol. The molecule has 4 aromatic heterocycles. The molecule has 6 rings (SSSR count). The predicted octanol–water partition coefficient (Wildman–Crippen LogP) is 8.50. The summed E-state index contributed by atoms with van der Waals surface area (Å²) in [7, 11) is 0. The summed E-state index contributed by atoms with van der Waals surface area (Å²) < 4.78 is 2.12. The lowest BCUT2D eigenvalue weighted by molar-refractivity contribution is 0.448. The fraction of sp³-hybridized carbons (Fsp3) is 0.229. The lowest BCUT2D eigenvalue weighted by Crippen LogP contribution is -2.11. The quantitative estimate of drug-likeness (QED) is 0.245. The van der Waals surface area contributed by atoms with Crippen LogP contribution in [0.25, 0.3) is 50.3 Å². The Hall–Kier alpha value is -4.51. The van der Waals surface area contributed by atoms with Crippen molar-refractivity contribution in [1.82, 2.24) is 19.5 Å². The third-order valence-electron chi connectivity index (χ3n) is 7.34. The van der Waals surface area contributed by atoms with Crippen LogP contribution in [0.2, 0.25) is 0 Å². The van der Waals surface area contributed by atoms with Crippen LogP contribution < -0.4 is 0 Å². The largest absolute Gasteiger partial charge is 0.507 e. The number of aromatic hydroxyl groups is 1. The van der Waals surface area contributed by atoms with Gasteiger partial charge < -0.3 is 5.11 Å². The summed E-state index contributed by atoms with van der Waals surface area (Å²) in [4.78, 5) is 14.5. The highest BCUT2D eigenvalue weighted by atomic mass is 16.3. The van der Waals surface area contributed by atoms with Gasteiger partial charge in [0.15, 0.2) is 0 Å². The van der Waals surface area contributed by atoms with E-state index < -0.39 is 0 Å². The first-order chi connectivity index (χ1) is 19.2. The van der Waals surface area contributed by atoms with Crippen molar-refractivity contribution >= 4 is 22.1 Å². The molecule has 0 atom stereocenters. The SMILES string of the molecule is CC(C)Cc1cc(-c2cccc(-n3c4ncccc4c4cccnc43)c2)nc(-c2cccc(C(C)(C)C)c2O)c1. The van der Waals surface area contributed by atoms with Gasteiger partial charge in [0.1, 0.15) is 17.0 Å². The zero-order valence-corrected chi connectivity index (χ0v) is 23.7. The lowest BCUT2D eigenvalue weighted by atomic mass is 9.84. The summed E-state index contributed by atoms with van der Waals surface area (Å²) >= 11 is 0. The molecular formula is C35H34N4O. The molecule has 40 heavy (non-hydrogen) atoms. The molecule has 5 nitrogen and oxygen atoms in total. The van der Waals surface area contributed by atoms with E-state index in [9.17, 15) is 5.11 Å². The minimum Gasteiger partial charge on any atom is -0.507 e. The number of para-hydroxylation sites is 1. The van der Waals surface area contributed by atoms with Gasteiger partial charge in [-0.2, -0.15) is 0 Å². The standard InChI is InChI=1S/C35H34N4O/c1-22(2)18-23-19-30(38-31(20-23)28-12-7-15-29(32(28)40)35(3,4)5)24-10-6-11-25(21-24)39-33-26(13-8-16-36-33)27-14-9-17-37-34(27)39/h6-17,19-22,40H,18H2,1-5H3. The van der Waals surface area contributed by atoms with E-state index in [1.165, 1.54) is 5.56 Å². The Morgan fingerprint density at radius 1 is 0.775 bits per heavy atom. The molecule has 0 aliphatic rings. The zero-order chi connectivity index (χ0) is 28.0. The van der Waals surface area contributed by atoms with Gasteiger partial charge in [0.25, 0.3) is 0 Å². The number of nitrogens with zero attached hydrogens (tertiary/aromatic N) is 4. The second-order valence-electron chi connectivity index (χ2n) is 11.9. The minimum absolute atomic E-state index is 0.183. The number of phenolic OH excluding ortho intramolecular Hbond substituents is 1. The molecular weight excluding hydrogens is 492 g/mol. The molecule has 0 aliphatic carbocycles. The zero-order valence-electron chi connectivity index (χ0n) is 23.7. The second-order valence-corrected chi connectivity index (χ2v) is 11.9. The average Bonchev–Trinajstić information content (AvgIpc) is 3.26. The molecule has 6 aromatic rings. The van der Waals surface area contributed by atoms with Gasteiger partial charge in [-0.1, -0.05) is 58.9 Å². The average molecular weight is 527 g/mol. The monoisotopic (exact) mass is 526 g/mol. The summed E-state index contributed by atoms with van der Waals surface area (Å²) in [5, 5.41) is 13.5. The van der Waals surface area contributed by atoms with Crippen LogP contribution in [0.15, 0.2) is 91.3 Å². The van der Waals surface area contributed by atoms with E-state index in [4.69, 9.17) is 15.0 Å². The van der Waals surface area contributed by atoms with E-state index in [2.05, 4.69) is 87.7 Å². The molecule has 200 valence electrons. The van der Waals surface area contributed by atoms with Crippen LogP contribution in [0.1, 0.15) is 45.7 Å². The van der Waals surface area contributed by atoms with Crippen LogP contribution in [-0.2, 0) is 11.8 Å². The van der Waals surface area contributed by atoms with Gasteiger partial charge in [-0.25, -0.2) is 15.0 Å². The van der Waals surface area contributed by atoms with Crippen LogP contribution >= 0.6 is 0 Å². The molecule has 0 saturated heterocycles. The molecule has 1 N–H and O–H groups in total. The van der Waals surface area contributed by atoms with E-state index in [1.54, 1.807) is 0 Å². The molecule has 0 saturated carbocycles. The molecule has 0 amide bonds. The Morgan fingerprint density at radius 2 is 1.43 bits per heavy atom. The van der Waals surface area contributed by atoms with Crippen LogP contribution in [0.4, 0.5) is 0 Å². The van der Waals surface area contributed by atoms with Crippen molar-refractivity contribution in [1.29, 1.82) is 0 Å².